The summed E-state index contributed by atoms with van der Waals surface area (Å²) in [6.07, 6.45) is 6.99. The maximum absolute atomic E-state index is 14.7. The summed E-state index contributed by atoms with van der Waals surface area (Å²) >= 11 is 0. The molecule has 0 N–H and O–H groups in total. The number of benzene rings is 2. The minimum atomic E-state index is -0.699. The van der Waals surface area contributed by atoms with E-state index in [0.717, 1.165) is 58.0 Å². The van der Waals surface area contributed by atoms with Gasteiger partial charge >= 0.3 is 0 Å². The molecule has 1 fully saturated rings. The SMILES string of the molecule is CCCN(CCc1ccccc1)C(C)CCC(C#N)(c1ccccc1F)C1CCC1. The van der Waals surface area contributed by atoms with Crippen molar-refractivity contribution in [2.75, 3.05) is 13.1 Å². The van der Waals surface area contributed by atoms with Crippen LogP contribution in [0.4, 0.5) is 4.39 Å². The van der Waals surface area contributed by atoms with Gasteiger partial charge < -0.3 is 4.90 Å². The molecule has 1 aliphatic carbocycles. The fourth-order valence-electron chi connectivity index (χ4n) is 4.87. The monoisotopic (exact) mass is 406 g/mol. The number of rotatable bonds is 11. The largest absolute Gasteiger partial charge is 0.300 e. The van der Waals surface area contributed by atoms with E-state index < -0.39 is 5.41 Å². The van der Waals surface area contributed by atoms with Gasteiger partial charge in [0.15, 0.2) is 0 Å². The molecule has 2 aromatic rings. The van der Waals surface area contributed by atoms with Crippen molar-refractivity contribution in [1.82, 2.24) is 4.90 Å². The van der Waals surface area contributed by atoms with E-state index >= 15 is 0 Å². The van der Waals surface area contributed by atoms with Crippen molar-refractivity contribution in [1.29, 1.82) is 5.26 Å². The van der Waals surface area contributed by atoms with E-state index in [9.17, 15) is 9.65 Å². The Morgan fingerprint density at radius 3 is 2.40 bits per heavy atom. The Morgan fingerprint density at radius 1 is 1.10 bits per heavy atom. The van der Waals surface area contributed by atoms with Crippen LogP contribution in [-0.4, -0.2) is 24.0 Å². The molecule has 160 valence electrons. The molecule has 0 heterocycles. The predicted octanol–water partition coefficient (Wildman–Crippen LogP) is 6.51. The quantitative estimate of drug-likeness (QED) is 0.425. The molecule has 1 aliphatic rings. The van der Waals surface area contributed by atoms with Crippen LogP contribution in [0.15, 0.2) is 54.6 Å². The molecule has 0 bridgehead atoms. The van der Waals surface area contributed by atoms with Gasteiger partial charge in [-0.05, 0) is 69.5 Å². The van der Waals surface area contributed by atoms with Crippen LogP contribution in [0, 0.1) is 23.1 Å². The van der Waals surface area contributed by atoms with Gasteiger partial charge in [-0.2, -0.15) is 5.26 Å². The molecule has 30 heavy (non-hydrogen) atoms. The van der Waals surface area contributed by atoms with E-state index in [4.69, 9.17) is 0 Å². The number of hydrogen-bond donors (Lipinski definition) is 0. The Labute approximate surface area is 181 Å². The third kappa shape index (κ3) is 5.10. The second-order valence-electron chi connectivity index (χ2n) is 8.85. The topological polar surface area (TPSA) is 27.0 Å². The first-order chi connectivity index (χ1) is 14.6. The molecule has 2 aromatic carbocycles. The third-order valence-electron chi connectivity index (χ3n) is 6.98. The van der Waals surface area contributed by atoms with Crippen molar-refractivity contribution in [3.8, 4) is 6.07 Å². The fraction of sp³-hybridized carbons (Fsp3) is 0.519. The van der Waals surface area contributed by atoms with E-state index in [-0.39, 0.29) is 11.7 Å². The van der Waals surface area contributed by atoms with Crippen molar-refractivity contribution in [2.24, 2.45) is 5.92 Å². The predicted molar refractivity (Wildman–Crippen MR) is 122 cm³/mol. The van der Waals surface area contributed by atoms with Crippen LogP contribution in [0.3, 0.4) is 0 Å². The zero-order chi connectivity index (χ0) is 21.4. The Balaban J connectivity index is 1.71. The van der Waals surface area contributed by atoms with Crippen LogP contribution in [0.1, 0.15) is 63.5 Å². The van der Waals surface area contributed by atoms with Gasteiger partial charge in [-0.3, -0.25) is 0 Å². The van der Waals surface area contributed by atoms with Crippen LogP contribution in [0.2, 0.25) is 0 Å². The molecule has 0 amide bonds. The molecule has 2 unspecified atom stereocenters. The normalized spacial score (nSPS) is 17.2. The summed E-state index contributed by atoms with van der Waals surface area (Å²) in [4.78, 5) is 2.54. The van der Waals surface area contributed by atoms with Gasteiger partial charge in [-0.15, -0.1) is 0 Å². The molecule has 1 saturated carbocycles. The third-order valence-corrected chi connectivity index (χ3v) is 6.98. The lowest BCUT2D eigenvalue weighted by Gasteiger charge is -2.42. The molecular weight excluding hydrogens is 371 g/mol. The summed E-state index contributed by atoms with van der Waals surface area (Å²) < 4.78 is 14.7. The molecule has 0 saturated heterocycles. The average molecular weight is 407 g/mol. The lowest BCUT2D eigenvalue weighted by Crippen LogP contribution is -2.42. The zero-order valence-electron chi connectivity index (χ0n) is 18.5. The summed E-state index contributed by atoms with van der Waals surface area (Å²) in [5.41, 5.74) is 1.27. The summed E-state index contributed by atoms with van der Waals surface area (Å²) in [6.45, 7) is 6.55. The maximum atomic E-state index is 14.7. The van der Waals surface area contributed by atoms with Crippen LogP contribution in [0.25, 0.3) is 0 Å². The molecule has 2 nitrogen and oxygen atoms in total. The lowest BCUT2D eigenvalue weighted by atomic mass is 9.60. The van der Waals surface area contributed by atoms with Gasteiger partial charge in [0.1, 0.15) is 5.82 Å². The Kier molecular flexibility index (Phi) is 8.05. The fourth-order valence-corrected chi connectivity index (χ4v) is 4.87. The highest BCUT2D eigenvalue weighted by atomic mass is 19.1. The Hall–Kier alpha value is -2.18. The van der Waals surface area contributed by atoms with Crippen molar-refractivity contribution < 1.29 is 4.39 Å². The Bertz CT molecular complexity index is 824. The van der Waals surface area contributed by atoms with Crippen molar-refractivity contribution >= 4 is 0 Å². The molecule has 3 heteroatoms. The van der Waals surface area contributed by atoms with E-state index in [0.29, 0.717) is 11.6 Å². The van der Waals surface area contributed by atoms with E-state index in [2.05, 4.69) is 55.1 Å². The van der Waals surface area contributed by atoms with Crippen LogP contribution in [-0.2, 0) is 11.8 Å². The average Bonchev–Trinajstić information content (AvgIpc) is 2.73. The Morgan fingerprint density at radius 2 is 1.80 bits per heavy atom. The van der Waals surface area contributed by atoms with Gasteiger partial charge in [0, 0.05) is 18.2 Å². The molecule has 3 rings (SSSR count). The highest BCUT2D eigenvalue weighted by Gasteiger charge is 2.45. The summed E-state index contributed by atoms with van der Waals surface area (Å²) in [7, 11) is 0. The molecule has 0 aromatic heterocycles. The zero-order valence-corrected chi connectivity index (χ0v) is 18.5. The standard InChI is InChI=1S/C27H35FN2/c1-3-19-30(20-17-23-10-5-4-6-11-23)22(2)16-18-27(21-29,24-12-9-13-24)25-14-7-8-15-26(25)28/h4-8,10-11,14-15,22,24H,3,9,12-13,16-20H2,1-2H3. The number of halogens is 1. The minimum Gasteiger partial charge on any atom is -0.300 e. The van der Waals surface area contributed by atoms with Crippen LogP contribution < -0.4 is 0 Å². The number of nitriles is 1. The smallest absolute Gasteiger partial charge is 0.128 e. The van der Waals surface area contributed by atoms with Crippen LogP contribution in [0.5, 0.6) is 0 Å². The number of nitrogens with zero attached hydrogens (tertiary/aromatic N) is 2. The summed E-state index contributed by atoms with van der Waals surface area (Å²) in [5.74, 6) is 0.0450. The van der Waals surface area contributed by atoms with E-state index in [1.54, 1.807) is 6.07 Å². The second kappa shape index (κ2) is 10.7. The van der Waals surface area contributed by atoms with Crippen LogP contribution >= 0.6 is 0 Å². The maximum Gasteiger partial charge on any atom is 0.128 e. The van der Waals surface area contributed by atoms with Crippen molar-refractivity contribution in [2.45, 2.75) is 70.3 Å². The van der Waals surface area contributed by atoms with Crippen molar-refractivity contribution in [3.05, 3.63) is 71.5 Å². The van der Waals surface area contributed by atoms with Gasteiger partial charge in [-0.25, -0.2) is 4.39 Å². The first kappa shape index (κ1) is 22.5. The molecule has 0 aliphatic heterocycles. The highest BCUT2D eigenvalue weighted by molar-refractivity contribution is 5.35. The summed E-state index contributed by atoms with van der Waals surface area (Å²) in [5, 5.41) is 10.3. The van der Waals surface area contributed by atoms with E-state index in [1.807, 2.05) is 12.1 Å². The second-order valence-corrected chi connectivity index (χ2v) is 8.85. The molecule has 0 spiro atoms. The first-order valence-corrected chi connectivity index (χ1v) is 11.5. The number of hydrogen-bond acceptors (Lipinski definition) is 2. The van der Waals surface area contributed by atoms with Gasteiger partial charge in [0.25, 0.3) is 0 Å². The van der Waals surface area contributed by atoms with Gasteiger partial charge in [0.05, 0.1) is 11.5 Å². The molecule has 0 radical (unpaired) electrons. The van der Waals surface area contributed by atoms with E-state index in [1.165, 1.54) is 11.6 Å². The minimum absolute atomic E-state index is 0.229. The van der Waals surface area contributed by atoms with Crippen molar-refractivity contribution in [3.63, 3.8) is 0 Å². The molecule has 2 atom stereocenters. The first-order valence-electron chi connectivity index (χ1n) is 11.5. The van der Waals surface area contributed by atoms with Gasteiger partial charge in [0.2, 0.25) is 0 Å². The summed E-state index contributed by atoms with van der Waals surface area (Å²) in [6, 6.07) is 20.5. The van der Waals surface area contributed by atoms with Gasteiger partial charge in [-0.1, -0.05) is 61.9 Å². The highest BCUT2D eigenvalue weighted by Crippen LogP contribution is 2.47. The molecular formula is C27H35FN2. The lowest BCUT2D eigenvalue weighted by molar-refractivity contribution is 0.156.